The summed E-state index contributed by atoms with van der Waals surface area (Å²) < 4.78 is 12.3. The molecule has 0 fully saturated rings. The van der Waals surface area contributed by atoms with Crippen LogP contribution >= 0.6 is 11.8 Å². The molecule has 0 amide bonds. The van der Waals surface area contributed by atoms with Crippen LogP contribution in [0.25, 0.3) is 11.4 Å². The van der Waals surface area contributed by atoms with Crippen LogP contribution in [-0.4, -0.2) is 40.5 Å². The van der Waals surface area contributed by atoms with Crippen LogP contribution < -0.4 is 9.47 Å². The van der Waals surface area contributed by atoms with Crippen molar-refractivity contribution in [3.05, 3.63) is 66.7 Å². The fourth-order valence-electron chi connectivity index (χ4n) is 2.65. The lowest BCUT2D eigenvalue weighted by molar-refractivity contribution is 0.102. The zero-order chi connectivity index (χ0) is 19.9. The van der Waals surface area contributed by atoms with Gasteiger partial charge in [0.25, 0.3) is 0 Å². The molecule has 144 valence electrons. The number of carbonyl (C=O) groups is 1. The minimum absolute atomic E-state index is 0.00282. The highest BCUT2D eigenvalue weighted by Crippen LogP contribution is 2.26. The third-order valence-electron chi connectivity index (χ3n) is 4.10. The van der Waals surface area contributed by atoms with Gasteiger partial charge in [-0.2, -0.15) is 0 Å². The van der Waals surface area contributed by atoms with Crippen molar-refractivity contribution in [3.8, 4) is 22.9 Å². The van der Waals surface area contributed by atoms with Crippen LogP contribution in [0.3, 0.4) is 0 Å². The van der Waals surface area contributed by atoms with E-state index in [9.17, 15) is 4.79 Å². The number of methoxy groups -OCH3 is 2. The number of hydrogen-bond acceptors (Lipinski definition) is 6. The van der Waals surface area contributed by atoms with E-state index in [0.29, 0.717) is 23.0 Å². The van der Waals surface area contributed by atoms with E-state index in [2.05, 4.69) is 16.8 Å². The molecule has 0 atom stereocenters. The Morgan fingerprint density at radius 2 is 1.86 bits per heavy atom. The number of thioether (sulfide) groups is 1. The largest absolute Gasteiger partial charge is 0.497 e. The predicted octanol–water partition coefficient (Wildman–Crippen LogP) is 4.12. The zero-order valence-corrected chi connectivity index (χ0v) is 16.6. The molecule has 28 heavy (non-hydrogen) atoms. The van der Waals surface area contributed by atoms with Gasteiger partial charge in [-0.25, -0.2) is 0 Å². The van der Waals surface area contributed by atoms with E-state index in [1.165, 1.54) is 11.8 Å². The number of allylic oxidation sites excluding steroid dienone is 1. The first-order valence-electron chi connectivity index (χ1n) is 8.65. The summed E-state index contributed by atoms with van der Waals surface area (Å²) in [6, 6.07) is 14.7. The van der Waals surface area contributed by atoms with Gasteiger partial charge in [-0.15, -0.1) is 16.8 Å². The van der Waals surface area contributed by atoms with Crippen molar-refractivity contribution in [1.82, 2.24) is 14.8 Å². The number of benzene rings is 2. The van der Waals surface area contributed by atoms with Crippen molar-refractivity contribution in [2.45, 2.75) is 11.7 Å². The van der Waals surface area contributed by atoms with Crippen molar-refractivity contribution in [1.29, 1.82) is 0 Å². The molecule has 0 bridgehead atoms. The highest BCUT2D eigenvalue weighted by Gasteiger charge is 2.16. The van der Waals surface area contributed by atoms with Gasteiger partial charge >= 0.3 is 0 Å². The maximum Gasteiger partial charge on any atom is 0.192 e. The Labute approximate surface area is 168 Å². The molecule has 0 saturated carbocycles. The van der Waals surface area contributed by atoms with Crippen LogP contribution in [-0.2, 0) is 6.54 Å². The second-order valence-electron chi connectivity index (χ2n) is 5.88. The molecule has 0 N–H and O–H groups in total. The van der Waals surface area contributed by atoms with Crippen LogP contribution in [0, 0.1) is 0 Å². The van der Waals surface area contributed by atoms with Gasteiger partial charge in [-0.05, 0) is 36.4 Å². The Morgan fingerprint density at radius 1 is 1.11 bits per heavy atom. The minimum atomic E-state index is 0.00282. The molecular formula is C21H21N3O3S. The summed E-state index contributed by atoms with van der Waals surface area (Å²) in [5, 5.41) is 9.25. The second kappa shape index (κ2) is 9.23. The lowest BCUT2D eigenvalue weighted by atomic mass is 10.1. The Morgan fingerprint density at radius 3 is 2.54 bits per heavy atom. The first-order chi connectivity index (χ1) is 13.7. The second-order valence-corrected chi connectivity index (χ2v) is 6.82. The lowest BCUT2D eigenvalue weighted by Crippen LogP contribution is -2.05. The van der Waals surface area contributed by atoms with E-state index >= 15 is 0 Å². The smallest absolute Gasteiger partial charge is 0.192 e. The Bertz CT molecular complexity index is 967. The molecule has 1 heterocycles. The van der Waals surface area contributed by atoms with Crippen molar-refractivity contribution in [2.24, 2.45) is 0 Å². The summed E-state index contributed by atoms with van der Waals surface area (Å²) in [5.41, 5.74) is 1.53. The van der Waals surface area contributed by atoms with E-state index in [-0.39, 0.29) is 11.5 Å². The number of hydrogen-bond donors (Lipinski definition) is 0. The maximum atomic E-state index is 12.5. The molecule has 0 aliphatic carbocycles. The van der Waals surface area contributed by atoms with Gasteiger partial charge in [0.2, 0.25) is 0 Å². The van der Waals surface area contributed by atoms with E-state index in [1.54, 1.807) is 38.5 Å². The molecule has 2 aromatic carbocycles. The van der Waals surface area contributed by atoms with Gasteiger partial charge in [0, 0.05) is 17.7 Å². The van der Waals surface area contributed by atoms with Gasteiger partial charge in [0.05, 0.1) is 20.0 Å². The van der Waals surface area contributed by atoms with E-state index in [1.807, 2.05) is 34.9 Å². The number of aromatic nitrogens is 3. The third-order valence-corrected chi connectivity index (χ3v) is 5.07. The van der Waals surface area contributed by atoms with E-state index in [0.717, 1.165) is 17.1 Å². The van der Waals surface area contributed by atoms with Gasteiger partial charge in [-0.1, -0.05) is 30.0 Å². The van der Waals surface area contributed by atoms with Gasteiger partial charge in [0.15, 0.2) is 16.8 Å². The topological polar surface area (TPSA) is 66.2 Å². The number of Topliss-reactive ketones (excluding diaryl/α,β-unsaturated/α-hetero) is 1. The van der Waals surface area contributed by atoms with Crippen molar-refractivity contribution >= 4 is 17.5 Å². The minimum Gasteiger partial charge on any atom is -0.497 e. The normalized spacial score (nSPS) is 10.5. The number of rotatable bonds is 9. The summed E-state index contributed by atoms with van der Waals surface area (Å²) in [6.07, 6.45) is 1.78. The van der Waals surface area contributed by atoms with Gasteiger partial charge in [0.1, 0.15) is 11.5 Å². The maximum absolute atomic E-state index is 12.5. The molecule has 0 aliphatic heterocycles. The van der Waals surface area contributed by atoms with Crippen LogP contribution in [0.1, 0.15) is 10.4 Å². The quantitative estimate of drug-likeness (QED) is 0.308. The van der Waals surface area contributed by atoms with Gasteiger partial charge < -0.3 is 9.47 Å². The number of carbonyl (C=O) groups excluding carboxylic acids is 1. The number of ether oxygens (including phenoxy) is 2. The average Bonchev–Trinajstić information content (AvgIpc) is 3.15. The van der Waals surface area contributed by atoms with Crippen LogP contribution in [0.15, 0.2) is 66.3 Å². The molecule has 3 rings (SSSR count). The van der Waals surface area contributed by atoms with Gasteiger partial charge in [-0.3, -0.25) is 9.36 Å². The van der Waals surface area contributed by atoms with E-state index < -0.39 is 0 Å². The molecule has 0 unspecified atom stereocenters. The molecule has 3 aromatic rings. The summed E-state index contributed by atoms with van der Waals surface area (Å²) in [7, 11) is 3.21. The summed E-state index contributed by atoms with van der Waals surface area (Å²) in [5.74, 6) is 2.41. The predicted molar refractivity (Wildman–Crippen MR) is 110 cm³/mol. The molecule has 0 radical (unpaired) electrons. The SMILES string of the molecule is C=CCn1c(SCC(=O)c2cccc(OC)c2)nnc1-c1ccc(OC)cc1. The first-order valence-corrected chi connectivity index (χ1v) is 9.63. The highest BCUT2D eigenvalue weighted by atomic mass is 32.2. The molecule has 0 spiro atoms. The molecule has 1 aromatic heterocycles. The lowest BCUT2D eigenvalue weighted by Gasteiger charge is -2.08. The third kappa shape index (κ3) is 4.43. The van der Waals surface area contributed by atoms with Crippen molar-refractivity contribution < 1.29 is 14.3 Å². The molecule has 0 saturated heterocycles. The zero-order valence-electron chi connectivity index (χ0n) is 15.8. The van der Waals surface area contributed by atoms with Crippen LogP contribution in [0.4, 0.5) is 0 Å². The monoisotopic (exact) mass is 395 g/mol. The van der Waals surface area contributed by atoms with Crippen molar-refractivity contribution in [3.63, 3.8) is 0 Å². The molecule has 0 aliphatic rings. The highest BCUT2D eigenvalue weighted by molar-refractivity contribution is 7.99. The fraction of sp³-hybridized carbons (Fsp3) is 0.190. The first kappa shape index (κ1) is 19.7. The fourth-order valence-corrected chi connectivity index (χ4v) is 3.50. The number of nitrogens with zero attached hydrogens (tertiary/aromatic N) is 3. The Balaban J connectivity index is 1.79. The average molecular weight is 395 g/mol. The molecule has 6 nitrogen and oxygen atoms in total. The molecular weight excluding hydrogens is 374 g/mol. The van der Waals surface area contributed by atoms with Crippen molar-refractivity contribution in [2.75, 3.05) is 20.0 Å². The van der Waals surface area contributed by atoms with Crippen LogP contribution in [0.5, 0.6) is 11.5 Å². The number of ketones is 1. The van der Waals surface area contributed by atoms with E-state index in [4.69, 9.17) is 9.47 Å². The summed E-state index contributed by atoms with van der Waals surface area (Å²) in [4.78, 5) is 12.5. The van der Waals surface area contributed by atoms with Crippen LogP contribution in [0.2, 0.25) is 0 Å². The summed E-state index contributed by atoms with van der Waals surface area (Å²) >= 11 is 1.35. The summed E-state index contributed by atoms with van der Waals surface area (Å²) in [6.45, 7) is 4.36. The Kier molecular flexibility index (Phi) is 6.49. The standard InChI is InChI=1S/C21H21N3O3S/c1-4-12-24-20(15-8-10-17(26-2)11-9-15)22-23-21(24)28-14-19(25)16-6-5-7-18(13-16)27-3/h4-11,13H,1,12,14H2,2-3H3. The Hall–Kier alpha value is -3.06. The molecule has 7 heteroatoms.